The molecular weight excluding hydrogens is 359 g/mol. The van der Waals surface area contributed by atoms with Gasteiger partial charge in [-0.2, -0.15) is 13.2 Å². The molecule has 0 spiro atoms. The predicted octanol–water partition coefficient (Wildman–Crippen LogP) is 3.37. The average molecular weight is 375 g/mol. The van der Waals surface area contributed by atoms with Gasteiger partial charge in [-0.25, -0.2) is 0 Å². The molecule has 140 valence electrons. The summed E-state index contributed by atoms with van der Waals surface area (Å²) in [7, 11) is 0. The number of benzene rings is 1. The van der Waals surface area contributed by atoms with Crippen LogP contribution in [0.3, 0.4) is 0 Å². The van der Waals surface area contributed by atoms with Gasteiger partial charge in [0, 0.05) is 24.3 Å². The van der Waals surface area contributed by atoms with Gasteiger partial charge in [0.15, 0.2) is 0 Å². The third-order valence-corrected chi connectivity index (χ3v) is 4.15. The molecule has 27 heavy (non-hydrogen) atoms. The van der Waals surface area contributed by atoms with Gasteiger partial charge in [-0.15, -0.1) is 0 Å². The molecule has 0 aliphatic rings. The molecule has 1 amide bonds. The summed E-state index contributed by atoms with van der Waals surface area (Å²) in [4.78, 5) is 29.2. The van der Waals surface area contributed by atoms with Crippen LogP contribution in [0.15, 0.2) is 53.6 Å². The fourth-order valence-electron chi connectivity index (χ4n) is 2.76. The number of pyridine rings is 2. The highest BCUT2D eigenvalue weighted by atomic mass is 19.4. The van der Waals surface area contributed by atoms with Crippen molar-refractivity contribution in [2.75, 3.05) is 0 Å². The average Bonchev–Trinajstić information content (AvgIpc) is 2.66. The van der Waals surface area contributed by atoms with Crippen molar-refractivity contribution in [3.63, 3.8) is 0 Å². The number of carbonyl (C=O) groups excluding carboxylic acids is 1. The molecule has 1 N–H and O–H groups in total. The van der Waals surface area contributed by atoms with Crippen LogP contribution in [0.5, 0.6) is 0 Å². The number of halogens is 3. The zero-order valence-corrected chi connectivity index (χ0v) is 14.4. The summed E-state index contributed by atoms with van der Waals surface area (Å²) in [5.74, 6) is -0.602. The van der Waals surface area contributed by atoms with E-state index in [9.17, 15) is 22.8 Å². The Morgan fingerprint density at radius 2 is 2.00 bits per heavy atom. The molecule has 1 aromatic carbocycles. The van der Waals surface area contributed by atoms with Crippen LogP contribution in [0.2, 0.25) is 0 Å². The second-order valence-electron chi connectivity index (χ2n) is 5.89. The maximum Gasteiger partial charge on any atom is 0.416 e. The van der Waals surface area contributed by atoms with Crippen molar-refractivity contribution in [2.45, 2.75) is 26.2 Å². The molecule has 2 heterocycles. The van der Waals surface area contributed by atoms with Gasteiger partial charge >= 0.3 is 6.18 Å². The molecule has 5 nitrogen and oxygen atoms in total. The second kappa shape index (κ2) is 7.22. The van der Waals surface area contributed by atoms with Gasteiger partial charge in [0.05, 0.1) is 23.3 Å². The highest BCUT2D eigenvalue weighted by Gasteiger charge is 2.31. The van der Waals surface area contributed by atoms with E-state index in [4.69, 9.17) is 0 Å². The number of hydrogen-bond acceptors (Lipinski definition) is 3. The van der Waals surface area contributed by atoms with Crippen molar-refractivity contribution < 1.29 is 18.0 Å². The Morgan fingerprint density at radius 1 is 1.22 bits per heavy atom. The Kier molecular flexibility index (Phi) is 4.98. The van der Waals surface area contributed by atoms with Crippen LogP contribution in [0.1, 0.15) is 28.5 Å². The summed E-state index contributed by atoms with van der Waals surface area (Å²) < 4.78 is 40.4. The molecule has 0 saturated carbocycles. The largest absolute Gasteiger partial charge is 0.416 e. The first-order chi connectivity index (χ1) is 12.8. The SMILES string of the molecule is CCn1cc(C(=O)NCc2ccccn2)c(=O)c2ccc(C(F)(F)F)cc21. The fourth-order valence-corrected chi connectivity index (χ4v) is 2.76. The first-order valence-corrected chi connectivity index (χ1v) is 8.23. The number of carbonyl (C=O) groups is 1. The lowest BCUT2D eigenvalue weighted by Crippen LogP contribution is -2.29. The highest BCUT2D eigenvalue weighted by molar-refractivity contribution is 5.97. The minimum atomic E-state index is -4.51. The van der Waals surface area contributed by atoms with Crippen molar-refractivity contribution in [3.05, 3.63) is 75.8 Å². The molecule has 0 fully saturated rings. The summed E-state index contributed by atoms with van der Waals surface area (Å²) in [6.07, 6.45) is -1.64. The van der Waals surface area contributed by atoms with Crippen molar-refractivity contribution in [1.29, 1.82) is 0 Å². The van der Waals surface area contributed by atoms with Crippen LogP contribution in [-0.4, -0.2) is 15.5 Å². The molecular formula is C19H16F3N3O2. The van der Waals surface area contributed by atoms with Crippen LogP contribution in [0.4, 0.5) is 13.2 Å². The van der Waals surface area contributed by atoms with Crippen molar-refractivity contribution in [1.82, 2.24) is 14.9 Å². The summed E-state index contributed by atoms with van der Waals surface area (Å²) in [6.45, 7) is 2.16. The van der Waals surface area contributed by atoms with Gasteiger partial charge in [-0.1, -0.05) is 6.07 Å². The number of fused-ring (bicyclic) bond motifs is 1. The van der Waals surface area contributed by atoms with Crippen molar-refractivity contribution in [3.8, 4) is 0 Å². The lowest BCUT2D eigenvalue weighted by atomic mass is 10.1. The van der Waals surface area contributed by atoms with Gasteiger partial charge < -0.3 is 9.88 Å². The summed E-state index contributed by atoms with van der Waals surface area (Å²) >= 11 is 0. The van der Waals surface area contributed by atoms with Crippen LogP contribution >= 0.6 is 0 Å². The third kappa shape index (κ3) is 3.84. The number of rotatable bonds is 4. The van der Waals surface area contributed by atoms with Crippen molar-refractivity contribution >= 4 is 16.8 Å². The Balaban J connectivity index is 2.00. The third-order valence-electron chi connectivity index (χ3n) is 4.15. The van der Waals surface area contributed by atoms with E-state index in [1.54, 1.807) is 31.3 Å². The molecule has 0 bridgehead atoms. The zero-order chi connectivity index (χ0) is 19.6. The Bertz CT molecular complexity index is 1040. The van der Waals surface area contributed by atoms with E-state index in [0.29, 0.717) is 12.2 Å². The molecule has 0 aliphatic carbocycles. The summed E-state index contributed by atoms with van der Waals surface area (Å²) in [5.41, 5.74) is -0.818. The standard InChI is InChI=1S/C19H16F3N3O2/c1-2-25-11-15(18(27)24-10-13-5-3-4-8-23-13)17(26)14-7-6-12(9-16(14)25)19(20,21)22/h3-9,11H,2,10H2,1H3,(H,24,27). The summed E-state index contributed by atoms with van der Waals surface area (Å²) in [6, 6.07) is 8.12. The zero-order valence-electron chi connectivity index (χ0n) is 14.4. The minimum absolute atomic E-state index is 0.0651. The lowest BCUT2D eigenvalue weighted by molar-refractivity contribution is -0.137. The molecule has 3 rings (SSSR count). The number of aromatic nitrogens is 2. The van der Waals surface area contributed by atoms with E-state index in [1.165, 1.54) is 10.8 Å². The smallest absolute Gasteiger partial charge is 0.347 e. The Morgan fingerprint density at radius 3 is 2.63 bits per heavy atom. The van der Waals surface area contributed by atoms with Crippen LogP contribution in [-0.2, 0) is 19.3 Å². The van der Waals surface area contributed by atoms with Gasteiger partial charge in [0.25, 0.3) is 5.91 Å². The molecule has 0 aliphatic heterocycles. The van der Waals surface area contributed by atoms with E-state index in [-0.39, 0.29) is 23.0 Å². The number of hydrogen-bond donors (Lipinski definition) is 1. The van der Waals surface area contributed by atoms with Gasteiger partial charge in [-0.05, 0) is 37.3 Å². The first-order valence-electron chi connectivity index (χ1n) is 8.23. The number of alkyl halides is 3. The quantitative estimate of drug-likeness (QED) is 0.761. The van der Waals surface area contributed by atoms with Crippen LogP contribution in [0, 0.1) is 0 Å². The van der Waals surface area contributed by atoms with E-state index in [2.05, 4.69) is 10.3 Å². The molecule has 0 unspecified atom stereocenters. The Hall–Kier alpha value is -3.16. The van der Waals surface area contributed by atoms with Crippen molar-refractivity contribution in [2.24, 2.45) is 0 Å². The number of nitrogens with zero attached hydrogens (tertiary/aromatic N) is 2. The molecule has 0 radical (unpaired) electrons. The monoisotopic (exact) mass is 375 g/mol. The molecule has 0 atom stereocenters. The first kappa shape index (κ1) is 18.6. The van der Waals surface area contributed by atoms with Gasteiger partial charge in [0.1, 0.15) is 5.56 Å². The second-order valence-corrected chi connectivity index (χ2v) is 5.89. The molecule has 3 aromatic rings. The van der Waals surface area contributed by atoms with E-state index < -0.39 is 23.1 Å². The lowest BCUT2D eigenvalue weighted by Gasteiger charge is -2.14. The Labute approximate surface area is 152 Å². The van der Waals surface area contributed by atoms with Crippen LogP contribution < -0.4 is 10.7 Å². The van der Waals surface area contributed by atoms with E-state index in [1.807, 2.05) is 0 Å². The maximum absolute atomic E-state index is 13.0. The van der Waals surface area contributed by atoms with E-state index in [0.717, 1.165) is 18.2 Å². The molecule has 2 aromatic heterocycles. The highest BCUT2D eigenvalue weighted by Crippen LogP contribution is 2.31. The maximum atomic E-state index is 13.0. The molecule has 0 saturated heterocycles. The van der Waals surface area contributed by atoms with Gasteiger partial charge in [-0.3, -0.25) is 14.6 Å². The number of nitrogens with one attached hydrogen (secondary N) is 1. The van der Waals surface area contributed by atoms with Gasteiger partial charge in [0.2, 0.25) is 5.43 Å². The molecule has 8 heteroatoms. The minimum Gasteiger partial charge on any atom is -0.347 e. The fraction of sp³-hybridized carbons (Fsp3) is 0.211. The number of aryl methyl sites for hydroxylation is 1. The topological polar surface area (TPSA) is 64.0 Å². The summed E-state index contributed by atoms with van der Waals surface area (Å²) in [5, 5.41) is 2.68. The number of amides is 1. The normalized spacial score (nSPS) is 11.6. The predicted molar refractivity (Wildman–Crippen MR) is 94.3 cm³/mol. The van der Waals surface area contributed by atoms with E-state index >= 15 is 0 Å². The van der Waals surface area contributed by atoms with Crippen LogP contribution in [0.25, 0.3) is 10.9 Å².